The number of aryl methyl sites for hydroxylation is 2. The second-order valence-corrected chi connectivity index (χ2v) is 7.69. The Morgan fingerprint density at radius 1 is 1.15 bits per heavy atom. The molecule has 1 aromatic heterocycles. The molecule has 6 heteroatoms. The average Bonchev–Trinajstić information content (AvgIpc) is 3.35. The lowest BCUT2D eigenvalue weighted by Gasteiger charge is -2.34. The summed E-state index contributed by atoms with van der Waals surface area (Å²) in [6.07, 6.45) is 4.63. The van der Waals surface area contributed by atoms with Crippen molar-refractivity contribution in [1.82, 2.24) is 15.4 Å². The Bertz CT molecular complexity index is 869. The van der Waals surface area contributed by atoms with Crippen LogP contribution < -0.4 is 5.32 Å². The minimum absolute atomic E-state index is 0.0382. The predicted octanol–water partition coefficient (Wildman–Crippen LogP) is 3.23. The van der Waals surface area contributed by atoms with Gasteiger partial charge in [-0.15, -0.1) is 0 Å². The second-order valence-electron chi connectivity index (χ2n) is 7.69. The first-order chi connectivity index (χ1) is 13.0. The van der Waals surface area contributed by atoms with Crippen LogP contribution in [-0.2, 0) is 4.79 Å². The summed E-state index contributed by atoms with van der Waals surface area (Å²) >= 11 is 0. The van der Waals surface area contributed by atoms with E-state index < -0.39 is 6.04 Å². The van der Waals surface area contributed by atoms with Crippen LogP contribution in [0.15, 0.2) is 28.8 Å². The lowest BCUT2D eigenvalue weighted by atomic mass is 10.0. The first kappa shape index (κ1) is 17.8. The van der Waals surface area contributed by atoms with E-state index in [-0.39, 0.29) is 17.5 Å². The third-order valence-corrected chi connectivity index (χ3v) is 5.38. The van der Waals surface area contributed by atoms with Gasteiger partial charge in [-0.1, -0.05) is 22.9 Å². The smallest absolute Gasteiger partial charge is 0.276 e. The van der Waals surface area contributed by atoms with Gasteiger partial charge in [0, 0.05) is 24.2 Å². The molecule has 0 spiro atoms. The van der Waals surface area contributed by atoms with Gasteiger partial charge in [-0.25, -0.2) is 0 Å². The zero-order valence-corrected chi connectivity index (χ0v) is 15.8. The van der Waals surface area contributed by atoms with Crippen LogP contribution in [0.2, 0.25) is 0 Å². The van der Waals surface area contributed by atoms with E-state index in [4.69, 9.17) is 4.52 Å². The molecule has 27 heavy (non-hydrogen) atoms. The zero-order valence-electron chi connectivity index (χ0n) is 15.8. The molecule has 1 aromatic carbocycles. The van der Waals surface area contributed by atoms with Crippen molar-refractivity contribution in [2.45, 2.75) is 58.0 Å². The number of aromatic nitrogens is 1. The van der Waals surface area contributed by atoms with E-state index in [2.05, 4.69) is 10.5 Å². The van der Waals surface area contributed by atoms with Crippen molar-refractivity contribution < 1.29 is 14.1 Å². The van der Waals surface area contributed by atoms with Crippen LogP contribution in [0.5, 0.6) is 0 Å². The normalized spacial score (nSPS) is 19.8. The maximum absolute atomic E-state index is 13.0. The van der Waals surface area contributed by atoms with Crippen LogP contribution in [-0.4, -0.2) is 40.5 Å². The molecule has 142 valence electrons. The Kier molecular flexibility index (Phi) is 4.72. The van der Waals surface area contributed by atoms with Gasteiger partial charge in [-0.3, -0.25) is 9.59 Å². The molecule has 1 atom stereocenters. The summed E-state index contributed by atoms with van der Waals surface area (Å²) in [5.41, 5.74) is 3.38. The fourth-order valence-electron chi connectivity index (χ4n) is 3.62. The van der Waals surface area contributed by atoms with E-state index in [0.717, 1.165) is 42.4 Å². The maximum atomic E-state index is 13.0. The number of nitrogens with zero attached hydrogens (tertiary/aromatic N) is 2. The van der Waals surface area contributed by atoms with Crippen LogP contribution in [0.3, 0.4) is 0 Å². The monoisotopic (exact) mass is 367 g/mol. The lowest BCUT2D eigenvalue weighted by molar-refractivity contribution is -0.126. The number of benzene rings is 1. The quantitative estimate of drug-likeness (QED) is 0.900. The van der Waals surface area contributed by atoms with Gasteiger partial charge in [0.15, 0.2) is 11.5 Å². The molecule has 0 radical (unpaired) electrons. The Morgan fingerprint density at radius 2 is 1.96 bits per heavy atom. The van der Waals surface area contributed by atoms with Crippen LogP contribution in [0.25, 0.3) is 11.3 Å². The predicted molar refractivity (Wildman–Crippen MR) is 101 cm³/mol. The standard InChI is InChI=1S/C21H25N3O3/c1-13-6-7-14(2)16(11-13)19-12-17(23-27-19)21(26)24-10-4-3-5-18(24)20(25)22-15-8-9-15/h6-7,11-12,15,18H,3-5,8-10H2,1-2H3,(H,22,25). The van der Waals surface area contributed by atoms with Gasteiger partial charge < -0.3 is 14.7 Å². The average molecular weight is 367 g/mol. The van der Waals surface area contributed by atoms with Crippen LogP contribution in [0, 0.1) is 13.8 Å². The number of likely N-dealkylation sites (tertiary alicyclic amines) is 1. The second kappa shape index (κ2) is 7.18. The topological polar surface area (TPSA) is 75.4 Å². The van der Waals surface area contributed by atoms with Gasteiger partial charge in [0.25, 0.3) is 5.91 Å². The minimum atomic E-state index is -0.410. The molecule has 1 saturated heterocycles. The maximum Gasteiger partial charge on any atom is 0.276 e. The Balaban J connectivity index is 1.55. The number of carbonyl (C=O) groups is 2. The molecule has 6 nitrogen and oxygen atoms in total. The highest BCUT2D eigenvalue weighted by atomic mass is 16.5. The molecule has 1 aliphatic heterocycles. The number of carbonyl (C=O) groups excluding carboxylic acids is 2. The minimum Gasteiger partial charge on any atom is -0.355 e. The van der Waals surface area contributed by atoms with Gasteiger partial charge in [0.2, 0.25) is 5.91 Å². The molecular weight excluding hydrogens is 342 g/mol. The van der Waals surface area contributed by atoms with Gasteiger partial charge in [-0.2, -0.15) is 0 Å². The number of amides is 2. The van der Waals surface area contributed by atoms with Gasteiger partial charge in [0.1, 0.15) is 6.04 Å². The summed E-state index contributed by atoms with van der Waals surface area (Å²) in [6.45, 7) is 4.59. The van der Waals surface area contributed by atoms with Crippen LogP contribution in [0.4, 0.5) is 0 Å². The highest BCUT2D eigenvalue weighted by Gasteiger charge is 2.36. The molecule has 2 aliphatic rings. The molecule has 2 fully saturated rings. The fourth-order valence-corrected chi connectivity index (χ4v) is 3.62. The lowest BCUT2D eigenvalue weighted by Crippen LogP contribution is -2.52. The molecular formula is C21H25N3O3. The van der Waals surface area contributed by atoms with Gasteiger partial charge >= 0.3 is 0 Å². The van der Waals surface area contributed by atoms with Crippen molar-refractivity contribution >= 4 is 11.8 Å². The van der Waals surface area contributed by atoms with Crippen molar-refractivity contribution in [3.8, 4) is 11.3 Å². The Labute approximate surface area is 158 Å². The first-order valence-electron chi connectivity index (χ1n) is 9.68. The van der Waals surface area contributed by atoms with Gasteiger partial charge in [-0.05, 0) is 57.6 Å². The van der Waals surface area contributed by atoms with Crippen molar-refractivity contribution in [3.63, 3.8) is 0 Å². The number of rotatable bonds is 4. The summed E-state index contributed by atoms with van der Waals surface area (Å²) in [5, 5.41) is 7.04. The highest BCUT2D eigenvalue weighted by molar-refractivity contribution is 5.97. The van der Waals surface area contributed by atoms with Crippen LogP contribution >= 0.6 is 0 Å². The van der Waals surface area contributed by atoms with Crippen molar-refractivity contribution in [2.24, 2.45) is 0 Å². The third kappa shape index (κ3) is 3.75. The Morgan fingerprint density at radius 3 is 2.74 bits per heavy atom. The number of nitrogens with one attached hydrogen (secondary N) is 1. The van der Waals surface area contributed by atoms with Crippen molar-refractivity contribution in [3.05, 3.63) is 41.1 Å². The summed E-state index contributed by atoms with van der Waals surface area (Å²) in [6, 6.07) is 7.66. The molecule has 1 saturated carbocycles. The first-order valence-corrected chi connectivity index (χ1v) is 9.68. The van der Waals surface area contributed by atoms with Crippen LogP contribution in [0.1, 0.15) is 53.7 Å². The number of piperidine rings is 1. The molecule has 2 heterocycles. The highest BCUT2D eigenvalue weighted by Crippen LogP contribution is 2.27. The van der Waals surface area contributed by atoms with E-state index in [0.29, 0.717) is 24.8 Å². The van der Waals surface area contributed by atoms with E-state index in [1.807, 2.05) is 32.0 Å². The van der Waals surface area contributed by atoms with E-state index in [1.54, 1.807) is 11.0 Å². The molecule has 1 unspecified atom stereocenters. The zero-order chi connectivity index (χ0) is 19.0. The molecule has 1 aliphatic carbocycles. The van der Waals surface area contributed by atoms with E-state index in [9.17, 15) is 9.59 Å². The van der Waals surface area contributed by atoms with E-state index in [1.165, 1.54) is 0 Å². The molecule has 4 rings (SSSR count). The molecule has 0 bridgehead atoms. The fraction of sp³-hybridized carbons (Fsp3) is 0.476. The van der Waals surface area contributed by atoms with Gasteiger partial charge in [0.05, 0.1) is 0 Å². The third-order valence-electron chi connectivity index (χ3n) is 5.38. The SMILES string of the molecule is Cc1ccc(C)c(-c2cc(C(=O)N3CCCCC3C(=O)NC3CC3)no2)c1. The van der Waals surface area contributed by atoms with Crippen molar-refractivity contribution in [1.29, 1.82) is 0 Å². The molecule has 2 aromatic rings. The largest absolute Gasteiger partial charge is 0.355 e. The van der Waals surface area contributed by atoms with E-state index >= 15 is 0 Å². The number of hydrogen-bond acceptors (Lipinski definition) is 4. The number of hydrogen-bond donors (Lipinski definition) is 1. The molecule has 1 N–H and O–H groups in total. The summed E-state index contributed by atoms with van der Waals surface area (Å²) in [7, 11) is 0. The summed E-state index contributed by atoms with van der Waals surface area (Å²) in [4.78, 5) is 27.2. The Hall–Kier alpha value is -2.63. The summed E-state index contributed by atoms with van der Waals surface area (Å²) in [5.74, 6) is 0.310. The molecule has 2 amide bonds. The van der Waals surface area contributed by atoms with Crippen molar-refractivity contribution in [2.75, 3.05) is 6.54 Å². The summed E-state index contributed by atoms with van der Waals surface area (Å²) < 4.78 is 5.47.